The lowest BCUT2D eigenvalue weighted by Crippen LogP contribution is -2.10. The SMILES string of the molecule is COc1cccc(C(O)COc2ccccc2N)c1. The Balaban J connectivity index is 2.01. The zero-order valence-electron chi connectivity index (χ0n) is 10.7. The molecule has 0 saturated heterocycles. The highest BCUT2D eigenvalue weighted by Gasteiger charge is 2.10. The van der Waals surface area contributed by atoms with Crippen LogP contribution in [0.5, 0.6) is 11.5 Å². The third-order valence-electron chi connectivity index (χ3n) is 2.79. The molecule has 4 nitrogen and oxygen atoms in total. The van der Waals surface area contributed by atoms with Gasteiger partial charge in [-0.15, -0.1) is 0 Å². The minimum Gasteiger partial charge on any atom is -0.497 e. The lowest BCUT2D eigenvalue weighted by molar-refractivity contribution is 0.108. The van der Waals surface area contributed by atoms with Crippen LogP contribution in [0.15, 0.2) is 48.5 Å². The fraction of sp³-hybridized carbons (Fsp3) is 0.200. The summed E-state index contributed by atoms with van der Waals surface area (Å²) in [4.78, 5) is 0. The maximum atomic E-state index is 10.1. The molecule has 1 unspecified atom stereocenters. The molecule has 0 bridgehead atoms. The van der Waals surface area contributed by atoms with Gasteiger partial charge in [0.2, 0.25) is 0 Å². The number of anilines is 1. The van der Waals surface area contributed by atoms with Crippen molar-refractivity contribution in [1.29, 1.82) is 0 Å². The molecule has 0 aliphatic carbocycles. The number of aliphatic hydroxyl groups excluding tert-OH is 1. The van der Waals surface area contributed by atoms with Gasteiger partial charge < -0.3 is 20.3 Å². The van der Waals surface area contributed by atoms with E-state index in [9.17, 15) is 5.11 Å². The molecule has 1 atom stereocenters. The normalized spacial score (nSPS) is 11.9. The summed E-state index contributed by atoms with van der Waals surface area (Å²) in [6.07, 6.45) is -0.727. The Morgan fingerprint density at radius 2 is 1.95 bits per heavy atom. The molecule has 3 N–H and O–H groups in total. The summed E-state index contributed by atoms with van der Waals surface area (Å²) >= 11 is 0. The van der Waals surface area contributed by atoms with E-state index < -0.39 is 6.10 Å². The highest BCUT2D eigenvalue weighted by molar-refractivity contribution is 5.51. The quantitative estimate of drug-likeness (QED) is 0.809. The van der Waals surface area contributed by atoms with E-state index in [1.54, 1.807) is 25.3 Å². The van der Waals surface area contributed by atoms with Crippen LogP contribution >= 0.6 is 0 Å². The number of ether oxygens (including phenoxy) is 2. The number of benzene rings is 2. The van der Waals surface area contributed by atoms with Crippen LogP contribution in [0.25, 0.3) is 0 Å². The van der Waals surface area contributed by atoms with Gasteiger partial charge in [0.15, 0.2) is 0 Å². The number of hydrogen-bond acceptors (Lipinski definition) is 4. The lowest BCUT2D eigenvalue weighted by Gasteiger charge is -2.14. The molecule has 4 heteroatoms. The van der Waals surface area contributed by atoms with E-state index in [4.69, 9.17) is 15.2 Å². The number of nitrogens with two attached hydrogens (primary N) is 1. The maximum absolute atomic E-state index is 10.1. The van der Waals surface area contributed by atoms with Crippen molar-refractivity contribution in [3.05, 3.63) is 54.1 Å². The molecule has 0 aliphatic rings. The molecule has 0 amide bonds. The largest absolute Gasteiger partial charge is 0.497 e. The summed E-state index contributed by atoms with van der Waals surface area (Å²) in [7, 11) is 1.59. The van der Waals surface area contributed by atoms with Gasteiger partial charge in [0.25, 0.3) is 0 Å². The molecule has 2 aromatic rings. The van der Waals surface area contributed by atoms with Crippen LogP contribution in [0.4, 0.5) is 5.69 Å². The van der Waals surface area contributed by atoms with E-state index in [2.05, 4.69) is 0 Å². The second-order valence-corrected chi connectivity index (χ2v) is 4.14. The van der Waals surface area contributed by atoms with Crippen LogP contribution in [0, 0.1) is 0 Å². The maximum Gasteiger partial charge on any atom is 0.142 e. The van der Waals surface area contributed by atoms with Crippen LogP contribution in [-0.4, -0.2) is 18.8 Å². The van der Waals surface area contributed by atoms with Crippen LogP contribution < -0.4 is 15.2 Å². The number of nitrogen functional groups attached to an aromatic ring is 1. The smallest absolute Gasteiger partial charge is 0.142 e. The van der Waals surface area contributed by atoms with E-state index in [0.29, 0.717) is 17.2 Å². The molecule has 0 fully saturated rings. The monoisotopic (exact) mass is 259 g/mol. The minimum absolute atomic E-state index is 0.140. The average Bonchev–Trinajstić information content (AvgIpc) is 2.46. The summed E-state index contributed by atoms with van der Waals surface area (Å²) in [6.45, 7) is 0.140. The molecule has 0 radical (unpaired) electrons. The van der Waals surface area contributed by atoms with Crippen molar-refractivity contribution in [2.24, 2.45) is 0 Å². The van der Waals surface area contributed by atoms with Gasteiger partial charge in [-0.2, -0.15) is 0 Å². The van der Waals surface area contributed by atoms with E-state index in [1.807, 2.05) is 30.3 Å². The predicted octanol–water partition coefficient (Wildman–Crippen LogP) is 2.39. The van der Waals surface area contributed by atoms with Crippen molar-refractivity contribution in [2.45, 2.75) is 6.10 Å². The highest BCUT2D eigenvalue weighted by Crippen LogP contribution is 2.23. The molecule has 100 valence electrons. The lowest BCUT2D eigenvalue weighted by atomic mass is 10.1. The van der Waals surface area contributed by atoms with Gasteiger partial charge in [0, 0.05) is 0 Å². The first-order valence-electron chi connectivity index (χ1n) is 6.00. The summed E-state index contributed by atoms with van der Waals surface area (Å²) < 4.78 is 10.6. The molecule has 0 aromatic heterocycles. The number of methoxy groups -OCH3 is 1. The molecule has 0 spiro atoms. The first-order valence-corrected chi connectivity index (χ1v) is 6.00. The Morgan fingerprint density at radius 3 is 2.68 bits per heavy atom. The van der Waals surface area contributed by atoms with Crippen molar-refractivity contribution < 1.29 is 14.6 Å². The van der Waals surface area contributed by atoms with Gasteiger partial charge in [-0.1, -0.05) is 24.3 Å². The molecule has 0 saturated carbocycles. The fourth-order valence-corrected chi connectivity index (χ4v) is 1.73. The predicted molar refractivity (Wildman–Crippen MR) is 74.3 cm³/mol. The van der Waals surface area contributed by atoms with E-state index in [-0.39, 0.29) is 6.61 Å². The van der Waals surface area contributed by atoms with E-state index in [0.717, 1.165) is 5.56 Å². The Kier molecular flexibility index (Phi) is 4.26. The third kappa shape index (κ3) is 3.39. The number of rotatable bonds is 5. The molecular formula is C15H17NO3. The minimum atomic E-state index is -0.727. The summed E-state index contributed by atoms with van der Waals surface area (Å²) in [5.74, 6) is 1.28. The van der Waals surface area contributed by atoms with Gasteiger partial charge in [0.05, 0.1) is 12.8 Å². The first kappa shape index (κ1) is 13.2. The Hall–Kier alpha value is -2.20. The van der Waals surface area contributed by atoms with Crippen LogP contribution in [0.3, 0.4) is 0 Å². The Bertz CT molecular complexity index is 542. The standard InChI is InChI=1S/C15H17NO3/c1-18-12-6-4-5-11(9-12)14(17)10-19-15-8-3-2-7-13(15)16/h2-9,14,17H,10,16H2,1H3. The number of aliphatic hydroxyl groups is 1. The number of hydrogen-bond donors (Lipinski definition) is 2. The molecule has 0 heterocycles. The third-order valence-corrected chi connectivity index (χ3v) is 2.79. The van der Waals surface area contributed by atoms with E-state index in [1.165, 1.54) is 0 Å². The molecule has 2 aromatic carbocycles. The molecule has 0 aliphatic heterocycles. The summed E-state index contributed by atoms with van der Waals surface area (Å²) in [5.41, 5.74) is 7.06. The van der Waals surface area contributed by atoms with Crippen LogP contribution in [0.1, 0.15) is 11.7 Å². The summed E-state index contributed by atoms with van der Waals surface area (Å²) in [6, 6.07) is 14.5. The van der Waals surface area contributed by atoms with Crippen molar-refractivity contribution >= 4 is 5.69 Å². The number of para-hydroxylation sites is 2. The van der Waals surface area contributed by atoms with Crippen LogP contribution in [0.2, 0.25) is 0 Å². The van der Waals surface area contributed by atoms with Crippen LogP contribution in [-0.2, 0) is 0 Å². The van der Waals surface area contributed by atoms with Gasteiger partial charge >= 0.3 is 0 Å². The average molecular weight is 259 g/mol. The first-order chi connectivity index (χ1) is 9.20. The Labute approximate surface area is 112 Å². The Morgan fingerprint density at radius 1 is 1.16 bits per heavy atom. The van der Waals surface area contributed by atoms with Gasteiger partial charge in [-0.3, -0.25) is 0 Å². The highest BCUT2D eigenvalue weighted by atomic mass is 16.5. The topological polar surface area (TPSA) is 64.7 Å². The van der Waals surface area contributed by atoms with Gasteiger partial charge in [0.1, 0.15) is 24.2 Å². The van der Waals surface area contributed by atoms with Crippen molar-refractivity contribution in [3.63, 3.8) is 0 Å². The second-order valence-electron chi connectivity index (χ2n) is 4.14. The second kappa shape index (κ2) is 6.11. The zero-order valence-corrected chi connectivity index (χ0v) is 10.7. The molecule has 2 rings (SSSR count). The van der Waals surface area contributed by atoms with Crippen molar-refractivity contribution in [1.82, 2.24) is 0 Å². The van der Waals surface area contributed by atoms with E-state index >= 15 is 0 Å². The van der Waals surface area contributed by atoms with Crippen molar-refractivity contribution in [3.8, 4) is 11.5 Å². The summed E-state index contributed by atoms with van der Waals surface area (Å²) in [5, 5.41) is 10.1. The molecular weight excluding hydrogens is 242 g/mol. The zero-order chi connectivity index (χ0) is 13.7. The molecule has 19 heavy (non-hydrogen) atoms. The van der Waals surface area contributed by atoms with Crippen molar-refractivity contribution in [2.75, 3.05) is 19.5 Å². The van der Waals surface area contributed by atoms with Gasteiger partial charge in [-0.05, 0) is 29.8 Å². The van der Waals surface area contributed by atoms with Gasteiger partial charge in [-0.25, -0.2) is 0 Å². The fourth-order valence-electron chi connectivity index (χ4n) is 1.73.